The number of ether oxygens (including phenoxy) is 1. The fourth-order valence-corrected chi connectivity index (χ4v) is 1.39. The van der Waals surface area contributed by atoms with E-state index < -0.39 is 0 Å². The molecule has 1 aromatic carbocycles. The first-order valence-electron chi connectivity index (χ1n) is 4.41. The summed E-state index contributed by atoms with van der Waals surface area (Å²) in [4.78, 5) is 12.7. The minimum atomic E-state index is -0.154. The van der Waals surface area contributed by atoms with Crippen LogP contribution in [0, 0.1) is 11.3 Å². The van der Waals surface area contributed by atoms with E-state index in [1.54, 1.807) is 18.2 Å². The molecule has 1 heterocycles. The van der Waals surface area contributed by atoms with Crippen molar-refractivity contribution < 1.29 is 9.53 Å². The highest BCUT2D eigenvalue weighted by molar-refractivity contribution is 5.95. The van der Waals surface area contributed by atoms with Crippen LogP contribution in [0.1, 0.15) is 6.92 Å². The van der Waals surface area contributed by atoms with Crippen LogP contribution in [-0.4, -0.2) is 5.91 Å². The molecule has 0 aliphatic carbocycles. The van der Waals surface area contributed by atoms with Gasteiger partial charge in [0.05, 0.1) is 11.9 Å². The maximum atomic E-state index is 11.3. The number of benzene rings is 1. The van der Waals surface area contributed by atoms with Crippen LogP contribution in [0.25, 0.3) is 0 Å². The van der Waals surface area contributed by atoms with E-state index in [4.69, 9.17) is 10.00 Å². The van der Waals surface area contributed by atoms with Gasteiger partial charge in [0.2, 0.25) is 11.7 Å². The van der Waals surface area contributed by atoms with Crippen LogP contribution >= 0.6 is 0 Å². The zero-order valence-corrected chi connectivity index (χ0v) is 8.10. The highest BCUT2D eigenvalue weighted by Crippen LogP contribution is 2.33. The lowest BCUT2D eigenvalue weighted by molar-refractivity contribution is -0.116. The van der Waals surface area contributed by atoms with Gasteiger partial charge in [-0.15, -0.1) is 0 Å². The van der Waals surface area contributed by atoms with Crippen LogP contribution in [0.2, 0.25) is 0 Å². The van der Waals surface area contributed by atoms with Gasteiger partial charge in [0.1, 0.15) is 6.07 Å². The predicted octanol–water partition coefficient (Wildman–Crippen LogP) is 1.80. The number of para-hydroxylation sites is 2. The largest absolute Gasteiger partial charge is 0.442 e. The van der Waals surface area contributed by atoms with Crippen LogP contribution in [0.3, 0.4) is 0 Å². The molecule has 1 aliphatic rings. The van der Waals surface area contributed by atoms with Crippen LogP contribution in [0.4, 0.5) is 5.69 Å². The van der Waals surface area contributed by atoms with Crippen molar-refractivity contribution in [2.45, 2.75) is 6.92 Å². The minimum absolute atomic E-state index is 0.115. The van der Waals surface area contributed by atoms with Gasteiger partial charge in [0.15, 0.2) is 5.75 Å². The van der Waals surface area contributed by atoms with E-state index in [2.05, 4.69) is 0 Å². The van der Waals surface area contributed by atoms with Gasteiger partial charge in [-0.2, -0.15) is 5.26 Å². The number of allylic oxidation sites excluding steroid dienone is 1. The molecule has 0 bridgehead atoms. The van der Waals surface area contributed by atoms with E-state index in [9.17, 15) is 4.79 Å². The van der Waals surface area contributed by atoms with Crippen molar-refractivity contribution in [3.63, 3.8) is 0 Å². The fraction of sp³-hybridized carbons (Fsp3) is 0.0909. The second-order valence-electron chi connectivity index (χ2n) is 3.06. The molecule has 0 atom stereocenters. The lowest BCUT2D eigenvalue weighted by atomic mass is 10.2. The molecule has 1 aliphatic heterocycles. The monoisotopic (exact) mass is 200 g/mol. The third-order valence-corrected chi connectivity index (χ3v) is 2.04. The van der Waals surface area contributed by atoms with Crippen molar-refractivity contribution in [3.8, 4) is 11.8 Å². The minimum Gasteiger partial charge on any atom is -0.442 e. The highest BCUT2D eigenvalue weighted by atomic mass is 16.5. The molecule has 0 unspecified atom stereocenters. The number of nitrogens with zero attached hydrogens (tertiary/aromatic N) is 2. The molecule has 0 saturated carbocycles. The topological polar surface area (TPSA) is 53.3 Å². The van der Waals surface area contributed by atoms with Crippen LogP contribution < -0.4 is 9.64 Å². The van der Waals surface area contributed by atoms with Crippen molar-refractivity contribution in [1.29, 1.82) is 5.26 Å². The number of fused-ring (bicyclic) bond motifs is 1. The number of amides is 1. The number of rotatable bonds is 0. The van der Waals surface area contributed by atoms with Gasteiger partial charge < -0.3 is 4.74 Å². The van der Waals surface area contributed by atoms with Gasteiger partial charge in [-0.05, 0) is 12.1 Å². The number of carbonyl (C=O) groups excluding carboxylic acids is 1. The third-order valence-electron chi connectivity index (χ3n) is 2.04. The fourth-order valence-electron chi connectivity index (χ4n) is 1.39. The molecule has 0 saturated heterocycles. The van der Waals surface area contributed by atoms with Crippen LogP contribution in [0.5, 0.6) is 5.75 Å². The Morgan fingerprint density at radius 3 is 2.87 bits per heavy atom. The van der Waals surface area contributed by atoms with Gasteiger partial charge in [-0.1, -0.05) is 12.1 Å². The first-order valence-corrected chi connectivity index (χ1v) is 4.41. The van der Waals surface area contributed by atoms with Crippen molar-refractivity contribution >= 4 is 11.6 Å². The van der Waals surface area contributed by atoms with E-state index >= 15 is 0 Å². The normalized spacial score (nSPS) is 13.3. The Hall–Kier alpha value is -2.28. The van der Waals surface area contributed by atoms with Crippen molar-refractivity contribution in [1.82, 2.24) is 0 Å². The van der Waals surface area contributed by atoms with Crippen LogP contribution in [0.15, 0.2) is 36.2 Å². The van der Waals surface area contributed by atoms with Gasteiger partial charge in [-0.25, -0.2) is 0 Å². The average Bonchev–Trinajstić information content (AvgIpc) is 2.27. The molecule has 0 radical (unpaired) electrons. The molecule has 0 aromatic heterocycles. The third kappa shape index (κ3) is 1.55. The molecule has 4 heteroatoms. The Labute approximate surface area is 87.0 Å². The lowest BCUT2D eigenvalue weighted by Crippen LogP contribution is -2.26. The lowest BCUT2D eigenvalue weighted by Gasteiger charge is -2.24. The van der Waals surface area contributed by atoms with Crippen molar-refractivity contribution in [2.24, 2.45) is 0 Å². The number of nitriles is 1. The average molecular weight is 200 g/mol. The van der Waals surface area contributed by atoms with E-state index in [-0.39, 0.29) is 11.7 Å². The Bertz CT molecular complexity index is 486. The first kappa shape index (κ1) is 9.28. The van der Waals surface area contributed by atoms with Gasteiger partial charge in [0, 0.05) is 6.92 Å². The molecular formula is C11H8N2O2. The first-order chi connectivity index (χ1) is 7.22. The smallest absolute Gasteiger partial charge is 0.228 e. The van der Waals surface area contributed by atoms with Crippen LogP contribution in [-0.2, 0) is 4.79 Å². The zero-order valence-electron chi connectivity index (χ0n) is 8.10. The Balaban J connectivity index is 2.53. The predicted molar refractivity (Wildman–Crippen MR) is 53.9 cm³/mol. The SMILES string of the molecule is CC(=O)N1C=C(C#N)Oc2ccccc21. The second kappa shape index (κ2) is 3.46. The van der Waals surface area contributed by atoms with Crippen molar-refractivity contribution in [3.05, 3.63) is 36.2 Å². The molecule has 0 fully saturated rings. The molecule has 74 valence electrons. The molecule has 4 nitrogen and oxygen atoms in total. The second-order valence-corrected chi connectivity index (χ2v) is 3.06. The summed E-state index contributed by atoms with van der Waals surface area (Å²) in [6, 6.07) is 8.96. The van der Waals surface area contributed by atoms with E-state index in [1.807, 2.05) is 12.1 Å². The highest BCUT2D eigenvalue weighted by Gasteiger charge is 2.20. The Morgan fingerprint density at radius 2 is 2.20 bits per heavy atom. The summed E-state index contributed by atoms with van der Waals surface area (Å²) in [7, 11) is 0. The summed E-state index contributed by atoms with van der Waals surface area (Å²) >= 11 is 0. The van der Waals surface area contributed by atoms with Gasteiger partial charge in [-0.3, -0.25) is 9.69 Å². The number of hydrogen-bond donors (Lipinski definition) is 0. The Kier molecular flexibility index (Phi) is 2.14. The molecule has 1 amide bonds. The van der Waals surface area contributed by atoms with Gasteiger partial charge in [0.25, 0.3) is 0 Å². The molecule has 0 N–H and O–H groups in total. The maximum absolute atomic E-state index is 11.3. The number of carbonyl (C=O) groups is 1. The number of anilines is 1. The summed E-state index contributed by atoms with van der Waals surface area (Å²) in [6.07, 6.45) is 1.39. The Morgan fingerprint density at radius 1 is 1.47 bits per heavy atom. The zero-order chi connectivity index (χ0) is 10.8. The molecule has 15 heavy (non-hydrogen) atoms. The quantitative estimate of drug-likeness (QED) is 0.641. The summed E-state index contributed by atoms with van der Waals surface area (Å²) in [5.41, 5.74) is 0.656. The molecule has 0 spiro atoms. The summed E-state index contributed by atoms with van der Waals surface area (Å²) in [5, 5.41) is 8.73. The summed E-state index contributed by atoms with van der Waals surface area (Å²) in [6.45, 7) is 1.44. The molecule has 1 aromatic rings. The van der Waals surface area contributed by atoms with E-state index in [1.165, 1.54) is 18.0 Å². The summed E-state index contributed by atoms with van der Waals surface area (Å²) < 4.78 is 5.27. The molecular weight excluding hydrogens is 192 g/mol. The van der Waals surface area contributed by atoms with E-state index in [0.29, 0.717) is 11.4 Å². The van der Waals surface area contributed by atoms with Gasteiger partial charge >= 0.3 is 0 Å². The number of hydrogen-bond acceptors (Lipinski definition) is 3. The maximum Gasteiger partial charge on any atom is 0.228 e. The standard InChI is InChI=1S/C11H8N2O2/c1-8(14)13-7-9(6-12)15-11-5-3-2-4-10(11)13/h2-5,7H,1H3. The molecule has 2 rings (SSSR count). The summed E-state index contributed by atoms with van der Waals surface area (Å²) in [5.74, 6) is 0.481. The van der Waals surface area contributed by atoms with E-state index in [0.717, 1.165) is 0 Å². The van der Waals surface area contributed by atoms with Crippen molar-refractivity contribution in [2.75, 3.05) is 4.90 Å².